The fraction of sp³-hybridized carbons (Fsp3) is 0.450. The first-order valence-electron chi connectivity index (χ1n) is 9.98. The summed E-state index contributed by atoms with van der Waals surface area (Å²) in [5.74, 6) is -0.980. The van der Waals surface area contributed by atoms with Crippen LogP contribution in [0.1, 0.15) is 47.3 Å². The van der Waals surface area contributed by atoms with Crippen LogP contribution in [0.5, 0.6) is 0 Å². The van der Waals surface area contributed by atoms with Crippen molar-refractivity contribution in [1.82, 2.24) is 19.2 Å². The molecule has 1 saturated heterocycles. The second-order valence-corrected chi connectivity index (χ2v) is 8.22. The second kappa shape index (κ2) is 8.19. The molecule has 0 radical (unpaired) electrons. The van der Waals surface area contributed by atoms with Crippen LogP contribution in [-0.2, 0) is 11.0 Å². The van der Waals surface area contributed by atoms with Crippen LogP contribution in [0.3, 0.4) is 0 Å². The molecule has 2 fully saturated rings. The molecule has 8 nitrogen and oxygen atoms in total. The number of piperazine rings is 1. The van der Waals surface area contributed by atoms with Crippen molar-refractivity contribution in [1.29, 1.82) is 0 Å². The van der Waals surface area contributed by atoms with Crippen LogP contribution >= 0.6 is 11.6 Å². The number of pyridine rings is 1. The molecule has 0 spiro atoms. The summed E-state index contributed by atoms with van der Waals surface area (Å²) < 4.78 is 42.1. The van der Waals surface area contributed by atoms with Crippen molar-refractivity contribution >= 4 is 42.0 Å². The number of nitrogens with zero attached hydrogens (tertiary/aromatic N) is 6. The van der Waals surface area contributed by atoms with Gasteiger partial charge in [-0.25, -0.2) is 4.98 Å². The molecule has 2 aliphatic rings. The Morgan fingerprint density at radius 3 is 2.69 bits per heavy atom. The van der Waals surface area contributed by atoms with Crippen molar-refractivity contribution in [2.75, 3.05) is 19.6 Å². The zero-order valence-electron chi connectivity index (χ0n) is 17.1. The molecule has 1 saturated carbocycles. The maximum atomic E-state index is 13.7. The number of carbonyl (C=O) groups is 2. The van der Waals surface area contributed by atoms with E-state index < -0.39 is 23.3 Å². The summed E-state index contributed by atoms with van der Waals surface area (Å²) in [6.07, 6.45) is -0.0805. The predicted molar refractivity (Wildman–Crippen MR) is 112 cm³/mol. The zero-order valence-corrected chi connectivity index (χ0v) is 17.9. The molecular weight excluding hydrogens is 449 g/mol. The normalized spacial score (nSPS) is 18.6. The summed E-state index contributed by atoms with van der Waals surface area (Å²) in [5, 5.41) is 6.83. The van der Waals surface area contributed by atoms with E-state index in [-0.39, 0.29) is 48.3 Å². The predicted octanol–water partition coefficient (Wildman–Crippen LogP) is 3.24. The fourth-order valence-electron chi connectivity index (χ4n) is 3.79. The Balaban J connectivity index is 1.63. The van der Waals surface area contributed by atoms with Crippen molar-refractivity contribution in [3.8, 4) is 0 Å². The number of hydrogen-bond acceptors (Lipinski definition) is 5. The van der Waals surface area contributed by atoms with Crippen molar-refractivity contribution in [3.05, 3.63) is 34.2 Å². The average Bonchev–Trinajstić information content (AvgIpc) is 3.54. The third kappa shape index (κ3) is 4.08. The smallest absolute Gasteiger partial charge is 0.332 e. The van der Waals surface area contributed by atoms with Gasteiger partial charge in [-0.1, -0.05) is 11.6 Å². The van der Waals surface area contributed by atoms with Gasteiger partial charge < -0.3 is 9.80 Å². The molecule has 2 aromatic rings. The number of halogens is 4. The van der Waals surface area contributed by atoms with Crippen molar-refractivity contribution in [2.24, 2.45) is 10.2 Å². The highest BCUT2D eigenvalue weighted by Crippen LogP contribution is 2.43. The summed E-state index contributed by atoms with van der Waals surface area (Å²) in [6.45, 7) is 5.13. The number of rotatable bonds is 5. The number of aromatic nitrogens is 2. The minimum Gasteiger partial charge on any atom is -0.332 e. The molecule has 0 bridgehead atoms. The molecule has 1 atom stereocenters. The van der Waals surface area contributed by atoms with Gasteiger partial charge in [0.25, 0.3) is 5.91 Å². The van der Waals surface area contributed by atoms with Crippen LogP contribution in [0.2, 0.25) is 5.15 Å². The third-order valence-electron chi connectivity index (χ3n) is 5.64. The third-order valence-corrected chi connectivity index (χ3v) is 6.00. The zero-order chi connectivity index (χ0) is 23.2. The summed E-state index contributed by atoms with van der Waals surface area (Å²) >= 11 is 6.32. The SMILES string of the molecule is C=N/N=C/C(C)N1CCN(C(=O)c2nc3c(C(F)(F)F)cc(C4CC4)cn3c2Cl)CC1=O. The minimum atomic E-state index is -4.65. The van der Waals surface area contributed by atoms with E-state index in [1.165, 1.54) is 22.2 Å². The number of imidazole rings is 1. The molecular formula is C20H20ClF3N6O2. The molecule has 2 amide bonds. The van der Waals surface area contributed by atoms with Crippen LogP contribution in [0.15, 0.2) is 22.5 Å². The van der Waals surface area contributed by atoms with Gasteiger partial charge in [0.1, 0.15) is 11.7 Å². The molecule has 32 heavy (non-hydrogen) atoms. The van der Waals surface area contributed by atoms with Crippen LogP contribution in [0, 0.1) is 0 Å². The second-order valence-electron chi connectivity index (χ2n) is 7.86. The standard InChI is InChI=1S/C20H20ClF3N6O2/c1-11(8-26-25-2)29-6-5-28(10-15(29)31)19(32)16-17(21)30-9-13(12-3-4-12)7-14(18(30)27-16)20(22,23)24/h7-9,11-12H,2-6,10H2,1H3/b26-8+. The van der Waals surface area contributed by atoms with E-state index in [0.717, 1.165) is 23.3 Å². The fourth-order valence-corrected chi connectivity index (χ4v) is 4.04. The topological polar surface area (TPSA) is 82.6 Å². The molecule has 4 rings (SSSR count). The van der Waals surface area contributed by atoms with Gasteiger partial charge in [-0.15, -0.1) is 0 Å². The largest absolute Gasteiger partial charge is 0.419 e. The maximum Gasteiger partial charge on any atom is 0.419 e. The van der Waals surface area contributed by atoms with Crippen LogP contribution in [0.25, 0.3) is 5.65 Å². The lowest BCUT2D eigenvalue weighted by atomic mass is 10.1. The molecule has 170 valence electrons. The summed E-state index contributed by atoms with van der Waals surface area (Å²) in [7, 11) is 0. The van der Waals surface area contributed by atoms with Crippen molar-refractivity contribution < 1.29 is 22.8 Å². The van der Waals surface area contributed by atoms with E-state index in [1.807, 2.05) is 0 Å². The van der Waals surface area contributed by atoms with Gasteiger partial charge in [0.15, 0.2) is 11.3 Å². The summed E-state index contributed by atoms with van der Waals surface area (Å²) in [4.78, 5) is 32.3. The number of amides is 2. The number of hydrogen-bond donors (Lipinski definition) is 0. The average molecular weight is 469 g/mol. The first-order valence-corrected chi connectivity index (χ1v) is 10.4. The molecule has 12 heteroatoms. The molecule has 3 heterocycles. The Morgan fingerprint density at radius 1 is 1.38 bits per heavy atom. The van der Waals surface area contributed by atoms with Gasteiger partial charge in [-0.2, -0.15) is 23.4 Å². The van der Waals surface area contributed by atoms with Gasteiger partial charge in [-0.3, -0.25) is 14.0 Å². The molecule has 0 N–H and O–H groups in total. The van der Waals surface area contributed by atoms with Gasteiger partial charge in [0, 0.05) is 32.2 Å². The first kappa shape index (κ1) is 22.3. The first-order chi connectivity index (χ1) is 15.1. The summed E-state index contributed by atoms with van der Waals surface area (Å²) in [5.41, 5.74) is -1.16. The molecule has 1 aliphatic heterocycles. The lowest BCUT2D eigenvalue weighted by molar-refractivity contribution is -0.137. The quantitative estimate of drug-likeness (QED) is 0.499. The van der Waals surface area contributed by atoms with E-state index in [9.17, 15) is 22.8 Å². The van der Waals surface area contributed by atoms with Crippen molar-refractivity contribution in [3.63, 3.8) is 0 Å². The monoisotopic (exact) mass is 468 g/mol. The van der Waals surface area contributed by atoms with E-state index in [2.05, 4.69) is 21.9 Å². The van der Waals surface area contributed by atoms with E-state index in [4.69, 9.17) is 11.6 Å². The molecule has 1 aliphatic carbocycles. The lowest BCUT2D eigenvalue weighted by Gasteiger charge is -2.36. The Labute approximate surface area is 186 Å². The van der Waals surface area contributed by atoms with E-state index >= 15 is 0 Å². The Morgan fingerprint density at radius 2 is 2.09 bits per heavy atom. The van der Waals surface area contributed by atoms with Gasteiger partial charge in [-0.05, 0) is 37.3 Å². The van der Waals surface area contributed by atoms with Gasteiger partial charge >= 0.3 is 6.18 Å². The summed E-state index contributed by atoms with van der Waals surface area (Å²) in [6, 6.07) is 0.729. The number of fused-ring (bicyclic) bond motifs is 1. The highest BCUT2D eigenvalue weighted by atomic mass is 35.5. The Kier molecular flexibility index (Phi) is 5.70. The van der Waals surface area contributed by atoms with Gasteiger partial charge in [0.2, 0.25) is 5.91 Å². The lowest BCUT2D eigenvalue weighted by Crippen LogP contribution is -2.55. The molecule has 1 unspecified atom stereocenters. The Bertz CT molecular complexity index is 1120. The van der Waals surface area contributed by atoms with E-state index in [0.29, 0.717) is 5.56 Å². The minimum absolute atomic E-state index is 0.0469. The molecule has 0 aromatic carbocycles. The molecule has 2 aromatic heterocycles. The number of carbonyl (C=O) groups excluding carboxylic acids is 2. The highest BCUT2D eigenvalue weighted by Gasteiger charge is 2.38. The van der Waals surface area contributed by atoms with Crippen LogP contribution in [-0.4, -0.2) is 69.6 Å². The van der Waals surface area contributed by atoms with E-state index in [1.54, 1.807) is 6.92 Å². The number of alkyl halides is 3. The van der Waals surface area contributed by atoms with Crippen LogP contribution in [0.4, 0.5) is 13.2 Å². The van der Waals surface area contributed by atoms with Gasteiger partial charge in [0.05, 0.1) is 11.6 Å². The Hall–Kier alpha value is -2.95. The maximum absolute atomic E-state index is 13.7. The highest BCUT2D eigenvalue weighted by molar-refractivity contribution is 6.33. The van der Waals surface area contributed by atoms with Crippen molar-refractivity contribution in [2.45, 2.75) is 37.9 Å². The van der Waals surface area contributed by atoms with Crippen LogP contribution < -0.4 is 0 Å².